The van der Waals surface area contributed by atoms with Crippen LogP contribution in [0.2, 0.25) is 0 Å². The number of carbonyl (C=O) groups is 2. The van der Waals surface area contributed by atoms with Crippen molar-refractivity contribution in [1.82, 2.24) is 4.90 Å². The molecule has 1 unspecified atom stereocenters. The Hall–Kier alpha value is -1.88. The van der Waals surface area contributed by atoms with Gasteiger partial charge in [0.25, 0.3) is 0 Å². The average molecular weight is 276 g/mol. The number of carboxylic acids is 1. The predicted octanol–water partition coefficient (Wildman–Crippen LogP) is 1.60. The van der Waals surface area contributed by atoms with Crippen LogP contribution in [-0.4, -0.2) is 28.4 Å². The van der Waals surface area contributed by atoms with Gasteiger partial charge in [0.15, 0.2) is 0 Å². The number of carboxylic acid groups (broad SMARTS) is 1. The first-order chi connectivity index (χ1) is 9.55. The van der Waals surface area contributed by atoms with Gasteiger partial charge in [-0.15, -0.1) is 0 Å². The van der Waals surface area contributed by atoms with Gasteiger partial charge >= 0.3 is 5.97 Å². The van der Waals surface area contributed by atoms with Crippen LogP contribution in [-0.2, 0) is 17.9 Å². The molecule has 2 rings (SSSR count). The van der Waals surface area contributed by atoms with Gasteiger partial charge in [-0.2, -0.15) is 0 Å². The summed E-state index contributed by atoms with van der Waals surface area (Å²) >= 11 is 0. The normalized spacial score (nSPS) is 15.0. The zero-order chi connectivity index (χ0) is 14.7. The summed E-state index contributed by atoms with van der Waals surface area (Å²) in [7, 11) is 0. The highest BCUT2D eigenvalue weighted by Crippen LogP contribution is 2.25. The number of amides is 1. The quantitative estimate of drug-likeness (QED) is 0.855. The maximum Gasteiger partial charge on any atom is 0.335 e. The van der Waals surface area contributed by atoms with Crippen LogP contribution >= 0.6 is 0 Å². The van der Waals surface area contributed by atoms with Gasteiger partial charge in [-0.3, -0.25) is 4.79 Å². The van der Waals surface area contributed by atoms with Crippen molar-refractivity contribution >= 4 is 11.9 Å². The number of aromatic carboxylic acids is 1. The van der Waals surface area contributed by atoms with Crippen LogP contribution in [0.1, 0.15) is 41.3 Å². The number of hydrogen-bond acceptors (Lipinski definition) is 3. The van der Waals surface area contributed by atoms with E-state index in [0.29, 0.717) is 26.1 Å². The first-order valence-corrected chi connectivity index (χ1v) is 6.88. The molecule has 1 amide bonds. The van der Waals surface area contributed by atoms with E-state index in [2.05, 4.69) is 0 Å². The molecule has 0 spiro atoms. The molecule has 0 fully saturated rings. The molecule has 0 aliphatic carbocycles. The summed E-state index contributed by atoms with van der Waals surface area (Å²) in [6, 6.07) is 5.04. The van der Waals surface area contributed by atoms with Crippen LogP contribution in [0, 0.1) is 5.92 Å². The molecule has 5 heteroatoms. The highest BCUT2D eigenvalue weighted by Gasteiger charge is 2.25. The van der Waals surface area contributed by atoms with E-state index in [9.17, 15) is 9.59 Å². The summed E-state index contributed by atoms with van der Waals surface area (Å²) < 4.78 is 0. The predicted molar refractivity (Wildman–Crippen MR) is 75.1 cm³/mol. The molecule has 0 aromatic heterocycles. The summed E-state index contributed by atoms with van der Waals surface area (Å²) in [4.78, 5) is 24.9. The van der Waals surface area contributed by atoms with Crippen LogP contribution in [0.5, 0.6) is 0 Å². The van der Waals surface area contributed by atoms with E-state index in [0.717, 1.165) is 17.5 Å². The number of benzene rings is 1. The Balaban J connectivity index is 2.05. The highest BCUT2D eigenvalue weighted by molar-refractivity contribution is 5.88. The third-order valence-electron chi connectivity index (χ3n) is 3.90. The number of nitrogens with zero attached hydrogens (tertiary/aromatic N) is 1. The third-order valence-corrected chi connectivity index (χ3v) is 3.90. The van der Waals surface area contributed by atoms with E-state index < -0.39 is 5.97 Å². The highest BCUT2D eigenvalue weighted by atomic mass is 16.4. The molecule has 0 bridgehead atoms. The molecule has 1 atom stereocenters. The van der Waals surface area contributed by atoms with Gasteiger partial charge in [0, 0.05) is 19.5 Å². The van der Waals surface area contributed by atoms with Crippen LogP contribution in [0.3, 0.4) is 0 Å². The lowest BCUT2D eigenvalue weighted by atomic mass is 10.0. The molecule has 20 heavy (non-hydrogen) atoms. The Morgan fingerprint density at radius 2 is 2.05 bits per heavy atom. The van der Waals surface area contributed by atoms with Crippen molar-refractivity contribution in [2.24, 2.45) is 11.7 Å². The fourth-order valence-electron chi connectivity index (χ4n) is 2.47. The largest absolute Gasteiger partial charge is 0.478 e. The van der Waals surface area contributed by atoms with E-state index in [4.69, 9.17) is 10.8 Å². The topological polar surface area (TPSA) is 83.6 Å². The van der Waals surface area contributed by atoms with Crippen molar-refractivity contribution in [3.63, 3.8) is 0 Å². The fourth-order valence-corrected chi connectivity index (χ4v) is 2.47. The Morgan fingerprint density at radius 1 is 1.35 bits per heavy atom. The molecule has 1 aliphatic rings. The molecular weight excluding hydrogens is 256 g/mol. The zero-order valence-corrected chi connectivity index (χ0v) is 11.6. The Bertz CT molecular complexity index is 524. The molecule has 0 saturated carbocycles. The molecule has 0 saturated heterocycles. The van der Waals surface area contributed by atoms with Crippen molar-refractivity contribution in [3.8, 4) is 0 Å². The third kappa shape index (κ3) is 2.99. The number of nitrogens with two attached hydrogens (primary N) is 1. The van der Waals surface area contributed by atoms with Crippen LogP contribution in [0.4, 0.5) is 0 Å². The van der Waals surface area contributed by atoms with E-state index in [1.165, 1.54) is 0 Å². The second-order valence-electron chi connectivity index (χ2n) is 5.25. The maximum absolute atomic E-state index is 12.2. The molecule has 1 heterocycles. The molecule has 108 valence electrons. The lowest BCUT2D eigenvalue weighted by molar-refractivity contribution is -0.132. The van der Waals surface area contributed by atoms with Gasteiger partial charge in [-0.05, 0) is 35.7 Å². The monoisotopic (exact) mass is 276 g/mol. The molecule has 1 aliphatic heterocycles. The Kier molecular flexibility index (Phi) is 4.39. The van der Waals surface area contributed by atoms with Crippen molar-refractivity contribution in [2.45, 2.75) is 32.9 Å². The van der Waals surface area contributed by atoms with Crippen molar-refractivity contribution < 1.29 is 14.7 Å². The second kappa shape index (κ2) is 6.05. The first-order valence-electron chi connectivity index (χ1n) is 6.88. The molecule has 1 aromatic rings. The van der Waals surface area contributed by atoms with Crippen LogP contribution < -0.4 is 5.73 Å². The Morgan fingerprint density at radius 3 is 2.65 bits per heavy atom. The molecular formula is C15H20N2O3. The smallest absolute Gasteiger partial charge is 0.335 e. The van der Waals surface area contributed by atoms with Crippen LogP contribution in [0.15, 0.2) is 18.2 Å². The Labute approximate surface area is 118 Å². The van der Waals surface area contributed by atoms with Crippen LogP contribution in [0.25, 0.3) is 0 Å². The summed E-state index contributed by atoms with van der Waals surface area (Å²) in [6.45, 7) is 3.61. The molecule has 3 N–H and O–H groups in total. The zero-order valence-electron chi connectivity index (χ0n) is 11.6. The van der Waals surface area contributed by atoms with E-state index in [-0.39, 0.29) is 17.4 Å². The maximum atomic E-state index is 12.2. The number of carbonyl (C=O) groups excluding carboxylic acids is 1. The average Bonchev–Trinajstić information content (AvgIpc) is 2.87. The summed E-state index contributed by atoms with van der Waals surface area (Å²) in [6.07, 6.45) is 1.36. The van der Waals surface area contributed by atoms with Crippen molar-refractivity contribution in [2.75, 3.05) is 6.54 Å². The SMILES string of the molecule is CCC(CN)CC(=O)N1Cc2ccc(C(=O)O)cc2C1. The number of hydrogen-bond donors (Lipinski definition) is 2. The summed E-state index contributed by atoms with van der Waals surface area (Å²) in [5.41, 5.74) is 7.86. The second-order valence-corrected chi connectivity index (χ2v) is 5.25. The first kappa shape index (κ1) is 14.5. The van der Waals surface area contributed by atoms with Gasteiger partial charge in [0.05, 0.1) is 5.56 Å². The van der Waals surface area contributed by atoms with Gasteiger partial charge < -0.3 is 15.7 Å². The lowest BCUT2D eigenvalue weighted by Gasteiger charge is -2.19. The minimum Gasteiger partial charge on any atom is -0.478 e. The molecule has 5 nitrogen and oxygen atoms in total. The van der Waals surface area contributed by atoms with Gasteiger partial charge in [0.1, 0.15) is 0 Å². The van der Waals surface area contributed by atoms with Gasteiger partial charge in [-0.1, -0.05) is 19.4 Å². The number of fused-ring (bicyclic) bond motifs is 1. The van der Waals surface area contributed by atoms with Gasteiger partial charge in [0.2, 0.25) is 5.91 Å². The van der Waals surface area contributed by atoms with Gasteiger partial charge in [-0.25, -0.2) is 4.79 Å². The summed E-state index contributed by atoms with van der Waals surface area (Å²) in [5.74, 6) is -0.622. The number of rotatable bonds is 5. The van der Waals surface area contributed by atoms with Crippen molar-refractivity contribution in [1.29, 1.82) is 0 Å². The molecule has 1 aromatic carbocycles. The minimum absolute atomic E-state index is 0.0929. The van der Waals surface area contributed by atoms with E-state index in [1.807, 2.05) is 6.92 Å². The lowest BCUT2D eigenvalue weighted by Crippen LogP contribution is -2.29. The van der Waals surface area contributed by atoms with Crippen molar-refractivity contribution in [3.05, 3.63) is 34.9 Å². The standard InChI is InChI=1S/C15H20N2O3/c1-2-10(7-16)5-14(18)17-8-12-4-3-11(15(19)20)6-13(12)9-17/h3-4,6,10H,2,5,7-9,16H2,1H3,(H,19,20). The fraction of sp³-hybridized carbons (Fsp3) is 0.467. The van der Waals surface area contributed by atoms with E-state index in [1.54, 1.807) is 23.1 Å². The molecule has 0 radical (unpaired) electrons. The summed E-state index contributed by atoms with van der Waals surface area (Å²) in [5, 5.41) is 8.98. The van der Waals surface area contributed by atoms with E-state index >= 15 is 0 Å². The minimum atomic E-state index is -0.938.